The normalized spacial score (nSPS) is 19.9. The monoisotopic (exact) mass is 352 g/mol. The van der Waals surface area contributed by atoms with Crippen LogP contribution in [0.3, 0.4) is 0 Å². The molecule has 0 amide bonds. The number of rotatable bonds is 7. The second-order valence-corrected chi connectivity index (χ2v) is 7.17. The topological polar surface area (TPSA) is 9.23 Å². The van der Waals surface area contributed by atoms with Gasteiger partial charge in [0, 0.05) is 11.4 Å². The van der Waals surface area contributed by atoms with Crippen LogP contribution in [0, 0.1) is 0 Å². The lowest BCUT2D eigenvalue weighted by atomic mass is 9.90. The highest BCUT2D eigenvalue weighted by molar-refractivity contribution is 9.09. The third-order valence-corrected chi connectivity index (χ3v) is 5.58. The van der Waals surface area contributed by atoms with Crippen LogP contribution in [0.5, 0.6) is 0 Å². The van der Waals surface area contributed by atoms with Gasteiger partial charge >= 0.3 is 0 Å². The Kier molecular flexibility index (Phi) is 6.75. The number of ether oxygens (including phenoxy) is 1. The van der Waals surface area contributed by atoms with Crippen LogP contribution in [0.25, 0.3) is 0 Å². The van der Waals surface area contributed by atoms with Crippen molar-refractivity contribution < 1.29 is 4.74 Å². The van der Waals surface area contributed by atoms with Crippen molar-refractivity contribution in [1.29, 1.82) is 0 Å². The third kappa shape index (κ3) is 4.32. The van der Waals surface area contributed by atoms with Crippen molar-refractivity contribution in [2.45, 2.75) is 76.6 Å². The van der Waals surface area contributed by atoms with Gasteiger partial charge in [0.05, 0.1) is 6.10 Å². The van der Waals surface area contributed by atoms with Gasteiger partial charge in [-0.05, 0) is 67.2 Å². The van der Waals surface area contributed by atoms with E-state index in [0.29, 0.717) is 10.9 Å². The molecule has 118 valence electrons. The molecule has 1 aromatic rings. The van der Waals surface area contributed by atoms with E-state index in [-0.39, 0.29) is 0 Å². The summed E-state index contributed by atoms with van der Waals surface area (Å²) < 4.78 is 5.77. The summed E-state index contributed by atoms with van der Waals surface area (Å²) in [5.41, 5.74) is 6.09. The lowest BCUT2D eigenvalue weighted by molar-refractivity contribution is 0.102. The summed E-state index contributed by atoms with van der Waals surface area (Å²) in [7, 11) is 0. The van der Waals surface area contributed by atoms with Crippen LogP contribution < -0.4 is 0 Å². The van der Waals surface area contributed by atoms with Crippen molar-refractivity contribution in [1.82, 2.24) is 0 Å². The molecule has 21 heavy (non-hydrogen) atoms. The first-order valence-corrected chi connectivity index (χ1v) is 9.51. The van der Waals surface area contributed by atoms with Gasteiger partial charge in [-0.1, -0.05) is 48.8 Å². The van der Waals surface area contributed by atoms with Gasteiger partial charge in [0.15, 0.2) is 0 Å². The zero-order valence-electron chi connectivity index (χ0n) is 13.8. The van der Waals surface area contributed by atoms with Gasteiger partial charge in [0.1, 0.15) is 0 Å². The Bertz CT molecular complexity index is 424. The number of benzene rings is 1. The Morgan fingerprint density at radius 2 is 1.81 bits per heavy atom. The molecule has 0 N–H and O–H groups in total. The molecule has 2 heteroatoms. The number of aryl methyl sites for hydroxylation is 3. The fraction of sp³-hybridized carbons (Fsp3) is 0.684. The summed E-state index contributed by atoms with van der Waals surface area (Å²) in [5, 5.41) is 0. The van der Waals surface area contributed by atoms with E-state index in [1.807, 2.05) is 0 Å². The Morgan fingerprint density at radius 1 is 1.14 bits per heavy atom. The van der Waals surface area contributed by atoms with E-state index in [9.17, 15) is 0 Å². The molecule has 1 aliphatic heterocycles. The summed E-state index contributed by atoms with van der Waals surface area (Å²) in [6.07, 6.45) is 8.71. The molecule has 1 aromatic carbocycles. The molecule has 1 heterocycles. The second-order valence-electron chi connectivity index (χ2n) is 6.07. The minimum atomic E-state index is 0.470. The van der Waals surface area contributed by atoms with Crippen molar-refractivity contribution in [2.24, 2.45) is 0 Å². The fourth-order valence-electron chi connectivity index (χ4n) is 3.39. The van der Waals surface area contributed by atoms with Crippen LogP contribution >= 0.6 is 15.9 Å². The highest BCUT2D eigenvalue weighted by Crippen LogP contribution is 2.36. The molecule has 1 saturated heterocycles. The average molecular weight is 353 g/mol. The first-order chi connectivity index (χ1) is 10.2. The molecule has 0 aromatic heterocycles. The SMILES string of the molecule is CCc1cc(CC)c(C(Br)CCC2CCCO2)c(CC)c1. The van der Waals surface area contributed by atoms with Crippen molar-refractivity contribution in [3.63, 3.8) is 0 Å². The van der Waals surface area contributed by atoms with Crippen molar-refractivity contribution >= 4 is 15.9 Å². The maximum Gasteiger partial charge on any atom is 0.0576 e. The average Bonchev–Trinajstić information content (AvgIpc) is 3.04. The number of hydrogen-bond donors (Lipinski definition) is 0. The largest absolute Gasteiger partial charge is 0.378 e. The van der Waals surface area contributed by atoms with E-state index in [2.05, 4.69) is 48.8 Å². The first kappa shape index (κ1) is 17.0. The molecule has 2 atom stereocenters. The van der Waals surface area contributed by atoms with E-state index in [1.165, 1.54) is 42.4 Å². The number of alkyl halides is 1. The molecule has 1 aliphatic rings. The quantitative estimate of drug-likeness (QED) is 0.566. The van der Waals surface area contributed by atoms with Crippen molar-refractivity contribution in [3.05, 3.63) is 34.4 Å². The maximum absolute atomic E-state index is 5.77. The van der Waals surface area contributed by atoms with Crippen LogP contribution in [-0.2, 0) is 24.0 Å². The molecule has 0 aliphatic carbocycles. The van der Waals surface area contributed by atoms with Gasteiger partial charge in [0.25, 0.3) is 0 Å². The number of halogens is 1. The molecule has 0 radical (unpaired) electrons. The van der Waals surface area contributed by atoms with Crippen molar-refractivity contribution in [2.75, 3.05) is 6.61 Å². The zero-order valence-corrected chi connectivity index (χ0v) is 15.3. The molecule has 1 nitrogen and oxygen atoms in total. The molecule has 0 saturated carbocycles. The van der Waals surface area contributed by atoms with Crippen LogP contribution in [0.15, 0.2) is 12.1 Å². The molecule has 2 unspecified atom stereocenters. The minimum Gasteiger partial charge on any atom is -0.378 e. The molecule has 0 bridgehead atoms. The van der Waals surface area contributed by atoms with Crippen LogP contribution in [-0.4, -0.2) is 12.7 Å². The van der Waals surface area contributed by atoms with Gasteiger partial charge in [0.2, 0.25) is 0 Å². The van der Waals surface area contributed by atoms with Crippen LogP contribution in [0.1, 0.15) is 73.5 Å². The summed E-state index contributed by atoms with van der Waals surface area (Å²) in [4.78, 5) is 0.470. The molecule has 1 fully saturated rings. The predicted octanol–water partition coefficient (Wildman–Crippen LogP) is 5.77. The summed E-state index contributed by atoms with van der Waals surface area (Å²) in [5.74, 6) is 0. The summed E-state index contributed by atoms with van der Waals surface area (Å²) in [6, 6.07) is 4.82. The van der Waals surface area contributed by atoms with E-state index < -0.39 is 0 Å². The molecule has 2 rings (SSSR count). The van der Waals surface area contributed by atoms with E-state index in [4.69, 9.17) is 4.74 Å². The van der Waals surface area contributed by atoms with Gasteiger partial charge in [-0.2, -0.15) is 0 Å². The lowest BCUT2D eigenvalue weighted by Crippen LogP contribution is -2.08. The second kappa shape index (κ2) is 8.33. The predicted molar refractivity (Wildman–Crippen MR) is 94.5 cm³/mol. The van der Waals surface area contributed by atoms with Gasteiger partial charge in [-0.25, -0.2) is 0 Å². The highest BCUT2D eigenvalue weighted by Gasteiger charge is 2.20. The summed E-state index contributed by atoms with van der Waals surface area (Å²) in [6.45, 7) is 7.76. The Labute approximate surface area is 138 Å². The van der Waals surface area contributed by atoms with Gasteiger partial charge in [-0.15, -0.1) is 0 Å². The minimum absolute atomic E-state index is 0.470. The lowest BCUT2D eigenvalue weighted by Gasteiger charge is -2.21. The molecular weight excluding hydrogens is 324 g/mol. The molecule has 0 spiro atoms. The van der Waals surface area contributed by atoms with E-state index in [0.717, 1.165) is 25.9 Å². The van der Waals surface area contributed by atoms with Crippen LogP contribution in [0.4, 0.5) is 0 Å². The highest BCUT2D eigenvalue weighted by atomic mass is 79.9. The van der Waals surface area contributed by atoms with Gasteiger partial charge in [-0.3, -0.25) is 0 Å². The third-order valence-electron chi connectivity index (χ3n) is 4.66. The van der Waals surface area contributed by atoms with E-state index in [1.54, 1.807) is 5.56 Å². The first-order valence-electron chi connectivity index (χ1n) is 8.59. The van der Waals surface area contributed by atoms with Gasteiger partial charge < -0.3 is 4.74 Å². The van der Waals surface area contributed by atoms with Crippen LogP contribution in [0.2, 0.25) is 0 Å². The fourth-order valence-corrected chi connectivity index (χ4v) is 4.24. The smallest absolute Gasteiger partial charge is 0.0576 e. The Hall–Kier alpha value is -0.340. The number of hydrogen-bond acceptors (Lipinski definition) is 1. The Balaban J connectivity index is 2.15. The zero-order chi connectivity index (χ0) is 15.2. The summed E-state index contributed by atoms with van der Waals surface area (Å²) >= 11 is 3.97. The van der Waals surface area contributed by atoms with E-state index >= 15 is 0 Å². The maximum atomic E-state index is 5.77. The Morgan fingerprint density at radius 3 is 2.29 bits per heavy atom. The standard InChI is InChI=1S/C19H29BrO/c1-4-14-12-15(5-2)19(16(6-3)13-14)18(20)10-9-17-8-7-11-21-17/h12-13,17-18H,4-11H2,1-3H3. The van der Waals surface area contributed by atoms with Crippen molar-refractivity contribution in [3.8, 4) is 0 Å². The molecular formula is C19H29BrO.